The van der Waals surface area contributed by atoms with Crippen molar-refractivity contribution in [2.45, 2.75) is 25.9 Å². The molecule has 2 aromatic carbocycles. The summed E-state index contributed by atoms with van der Waals surface area (Å²) in [6, 6.07) is 14.6. The molecule has 1 aliphatic rings. The molecule has 0 amide bonds. The second-order valence-electron chi connectivity index (χ2n) is 7.42. The van der Waals surface area contributed by atoms with Crippen molar-refractivity contribution in [2.75, 3.05) is 44.2 Å². The van der Waals surface area contributed by atoms with Gasteiger partial charge in [-0.15, -0.1) is 0 Å². The summed E-state index contributed by atoms with van der Waals surface area (Å²) in [5, 5.41) is 10.4. The van der Waals surface area contributed by atoms with E-state index in [1.54, 1.807) is 0 Å². The van der Waals surface area contributed by atoms with E-state index in [1.165, 1.54) is 12.1 Å². The highest BCUT2D eigenvalue weighted by molar-refractivity contribution is 5.46. The van der Waals surface area contributed by atoms with E-state index in [1.807, 2.05) is 30.3 Å². The molecule has 146 valence electrons. The number of piperazine rings is 1. The fourth-order valence-electron chi connectivity index (χ4n) is 3.47. The topological polar surface area (TPSA) is 35.9 Å². The zero-order valence-corrected chi connectivity index (χ0v) is 16.1. The van der Waals surface area contributed by atoms with Crippen molar-refractivity contribution in [3.8, 4) is 5.75 Å². The van der Waals surface area contributed by atoms with E-state index in [0.717, 1.165) is 43.2 Å². The van der Waals surface area contributed by atoms with Crippen molar-refractivity contribution in [3.63, 3.8) is 0 Å². The molecule has 27 heavy (non-hydrogen) atoms. The lowest BCUT2D eigenvalue weighted by atomic mass is 10.0. The summed E-state index contributed by atoms with van der Waals surface area (Å²) < 4.78 is 18.9. The minimum atomic E-state index is -0.525. The van der Waals surface area contributed by atoms with Crippen molar-refractivity contribution in [1.29, 1.82) is 0 Å². The van der Waals surface area contributed by atoms with Gasteiger partial charge >= 0.3 is 0 Å². The zero-order valence-electron chi connectivity index (χ0n) is 16.1. The summed E-state index contributed by atoms with van der Waals surface area (Å²) in [5.41, 5.74) is 2.21. The van der Waals surface area contributed by atoms with Crippen LogP contribution in [-0.2, 0) is 0 Å². The molecule has 5 heteroatoms. The zero-order chi connectivity index (χ0) is 19.2. The van der Waals surface area contributed by atoms with Crippen molar-refractivity contribution >= 4 is 5.69 Å². The van der Waals surface area contributed by atoms with Crippen LogP contribution in [0.4, 0.5) is 10.1 Å². The van der Waals surface area contributed by atoms with Crippen LogP contribution in [0.3, 0.4) is 0 Å². The van der Waals surface area contributed by atoms with Gasteiger partial charge in [-0.25, -0.2) is 4.39 Å². The van der Waals surface area contributed by atoms with E-state index >= 15 is 0 Å². The van der Waals surface area contributed by atoms with Crippen LogP contribution in [0, 0.1) is 5.82 Å². The Morgan fingerprint density at radius 1 is 1.00 bits per heavy atom. The van der Waals surface area contributed by atoms with Gasteiger partial charge < -0.3 is 14.7 Å². The molecule has 0 unspecified atom stereocenters. The van der Waals surface area contributed by atoms with Crippen LogP contribution in [0.2, 0.25) is 0 Å². The van der Waals surface area contributed by atoms with Crippen LogP contribution in [0.25, 0.3) is 0 Å². The third-order valence-electron chi connectivity index (χ3n) is 5.01. The Kier molecular flexibility index (Phi) is 6.69. The molecule has 1 fully saturated rings. The average Bonchev–Trinajstić information content (AvgIpc) is 2.68. The fourth-order valence-corrected chi connectivity index (χ4v) is 3.47. The lowest BCUT2D eigenvalue weighted by Crippen LogP contribution is -2.49. The maximum atomic E-state index is 13.1. The molecule has 0 saturated carbocycles. The van der Waals surface area contributed by atoms with Crippen molar-refractivity contribution in [3.05, 3.63) is 59.9 Å². The number of aliphatic hydroxyl groups is 1. The number of anilines is 1. The first-order valence-corrected chi connectivity index (χ1v) is 9.65. The summed E-state index contributed by atoms with van der Waals surface area (Å²) in [6.45, 7) is 8.65. The average molecular weight is 372 g/mol. The molecule has 3 rings (SSSR count). The lowest BCUT2D eigenvalue weighted by Gasteiger charge is -2.36. The summed E-state index contributed by atoms with van der Waals surface area (Å²) in [5.74, 6) is 1.03. The number of ether oxygens (including phenoxy) is 1. The van der Waals surface area contributed by atoms with Gasteiger partial charge in [-0.1, -0.05) is 32.0 Å². The molecule has 1 saturated heterocycles. The van der Waals surface area contributed by atoms with Gasteiger partial charge in [0, 0.05) is 38.4 Å². The molecule has 1 atom stereocenters. The minimum Gasteiger partial charge on any atom is -0.491 e. The monoisotopic (exact) mass is 372 g/mol. The number of hydrogen-bond donors (Lipinski definition) is 1. The van der Waals surface area contributed by atoms with Gasteiger partial charge in [0.25, 0.3) is 0 Å². The van der Waals surface area contributed by atoms with E-state index in [9.17, 15) is 9.50 Å². The predicted octanol–water partition coefficient (Wildman–Crippen LogP) is 3.51. The Morgan fingerprint density at radius 2 is 1.67 bits per heavy atom. The molecule has 0 aromatic heterocycles. The van der Waals surface area contributed by atoms with Crippen LogP contribution in [0.15, 0.2) is 48.5 Å². The highest BCUT2D eigenvalue weighted by atomic mass is 19.1. The third-order valence-corrected chi connectivity index (χ3v) is 5.01. The summed E-state index contributed by atoms with van der Waals surface area (Å²) in [6.07, 6.45) is -0.525. The number of para-hydroxylation sites is 1. The van der Waals surface area contributed by atoms with Crippen LogP contribution in [0.1, 0.15) is 25.3 Å². The Hall–Kier alpha value is -2.11. The van der Waals surface area contributed by atoms with Gasteiger partial charge in [-0.05, 0) is 41.8 Å². The highest BCUT2D eigenvalue weighted by Crippen LogP contribution is 2.26. The van der Waals surface area contributed by atoms with E-state index < -0.39 is 6.10 Å². The first-order valence-electron chi connectivity index (χ1n) is 9.65. The highest BCUT2D eigenvalue weighted by Gasteiger charge is 2.20. The number of benzene rings is 2. The Morgan fingerprint density at radius 3 is 2.33 bits per heavy atom. The van der Waals surface area contributed by atoms with Gasteiger partial charge in [0.05, 0.1) is 0 Å². The number of nitrogens with zero attached hydrogens (tertiary/aromatic N) is 2. The summed E-state index contributed by atoms with van der Waals surface area (Å²) >= 11 is 0. The number of hydrogen-bond acceptors (Lipinski definition) is 4. The molecule has 0 aliphatic carbocycles. The second-order valence-corrected chi connectivity index (χ2v) is 7.42. The lowest BCUT2D eigenvalue weighted by molar-refractivity contribution is 0.0659. The first kappa shape index (κ1) is 19.6. The molecular weight excluding hydrogens is 343 g/mol. The van der Waals surface area contributed by atoms with E-state index in [4.69, 9.17) is 4.74 Å². The first-order chi connectivity index (χ1) is 13.0. The van der Waals surface area contributed by atoms with E-state index in [2.05, 4.69) is 29.7 Å². The van der Waals surface area contributed by atoms with Gasteiger partial charge in [0.15, 0.2) is 0 Å². The largest absolute Gasteiger partial charge is 0.491 e. The molecule has 1 N–H and O–H groups in total. The molecule has 1 heterocycles. The summed E-state index contributed by atoms with van der Waals surface area (Å²) in [7, 11) is 0. The van der Waals surface area contributed by atoms with E-state index in [0.29, 0.717) is 19.1 Å². The number of rotatable bonds is 7. The van der Waals surface area contributed by atoms with Crippen LogP contribution in [-0.4, -0.2) is 55.4 Å². The van der Waals surface area contributed by atoms with Gasteiger partial charge in [0.1, 0.15) is 24.3 Å². The standard InChI is InChI=1S/C22H29FN2O2/c1-17(2)21-5-3-4-6-22(21)27-16-20(26)15-24-11-13-25(14-12-24)19-9-7-18(23)8-10-19/h3-10,17,20,26H,11-16H2,1-2H3/t20-/m1/s1. The molecule has 1 aliphatic heterocycles. The molecule has 4 nitrogen and oxygen atoms in total. The predicted molar refractivity (Wildman–Crippen MR) is 107 cm³/mol. The van der Waals surface area contributed by atoms with Crippen molar-refractivity contribution in [1.82, 2.24) is 4.90 Å². The molecule has 0 radical (unpaired) electrons. The van der Waals surface area contributed by atoms with Gasteiger partial charge in [-0.3, -0.25) is 4.90 Å². The van der Waals surface area contributed by atoms with Crippen molar-refractivity contribution in [2.24, 2.45) is 0 Å². The molecule has 0 spiro atoms. The SMILES string of the molecule is CC(C)c1ccccc1OC[C@H](O)CN1CCN(c2ccc(F)cc2)CC1. The van der Waals surface area contributed by atoms with Gasteiger partial charge in [0.2, 0.25) is 0 Å². The van der Waals surface area contributed by atoms with Crippen LogP contribution >= 0.6 is 0 Å². The number of β-amino-alcohol motifs (C(OH)–C–C–N with tert-alkyl or cyclic N) is 1. The van der Waals surface area contributed by atoms with Crippen LogP contribution in [0.5, 0.6) is 5.75 Å². The smallest absolute Gasteiger partial charge is 0.123 e. The molecule has 2 aromatic rings. The second kappa shape index (κ2) is 9.20. The Labute approximate surface area is 161 Å². The Balaban J connectivity index is 1.44. The number of aliphatic hydroxyl groups excluding tert-OH is 1. The fraction of sp³-hybridized carbons (Fsp3) is 0.455. The van der Waals surface area contributed by atoms with Gasteiger partial charge in [-0.2, -0.15) is 0 Å². The Bertz CT molecular complexity index is 713. The maximum absolute atomic E-state index is 13.1. The normalized spacial score (nSPS) is 16.6. The molecular formula is C22H29FN2O2. The van der Waals surface area contributed by atoms with Crippen molar-refractivity contribution < 1.29 is 14.2 Å². The quantitative estimate of drug-likeness (QED) is 0.807. The third kappa shape index (κ3) is 5.44. The maximum Gasteiger partial charge on any atom is 0.123 e. The van der Waals surface area contributed by atoms with Crippen LogP contribution < -0.4 is 9.64 Å². The summed E-state index contributed by atoms with van der Waals surface area (Å²) in [4.78, 5) is 4.50. The molecule has 0 bridgehead atoms. The number of halogens is 1. The van der Waals surface area contributed by atoms with E-state index in [-0.39, 0.29) is 5.82 Å². The minimum absolute atomic E-state index is 0.209.